The molecular weight excluding hydrogens is 351 g/mol. The molecule has 2 aromatic rings. The molecule has 0 aliphatic carbocycles. The number of nitrogens with one attached hydrogen (secondary N) is 2. The number of piperidine rings is 1. The molecule has 1 aliphatic heterocycles. The van der Waals surface area contributed by atoms with Crippen molar-refractivity contribution in [2.24, 2.45) is 4.99 Å². The van der Waals surface area contributed by atoms with E-state index in [9.17, 15) is 9.50 Å². The van der Waals surface area contributed by atoms with Crippen LogP contribution < -0.4 is 15.5 Å². The summed E-state index contributed by atoms with van der Waals surface area (Å²) < 4.78 is 13.4. The van der Waals surface area contributed by atoms with Crippen LogP contribution in [0.3, 0.4) is 0 Å². The van der Waals surface area contributed by atoms with Gasteiger partial charge in [-0.1, -0.05) is 6.07 Å². The molecule has 0 bridgehead atoms. The molecule has 0 saturated carbocycles. The van der Waals surface area contributed by atoms with Crippen molar-refractivity contribution in [1.82, 2.24) is 10.6 Å². The second-order valence-corrected chi connectivity index (χ2v) is 7.26. The highest BCUT2D eigenvalue weighted by Gasteiger charge is 2.20. The molecular formula is C19H25FN4OS. The molecule has 1 aromatic heterocycles. The van der Waals surface area contributed by atoms with Crippen LogP contribution in [0.15, 0.2) is 40.7 Å². The van der Waals surface area contributed by atoms with E-state index in [4.69, 9.17) is 0 Å². The molecule has 26 heavy (non-hydrogen) atoms. The van der Waals surface area contributed by atoms with Crippen molar-refractivity contribution in [2.45, 2.75) is 32.4 Å². The summed E-state index contributed by atoms with van der Waals surface area (Å²) in [6.45, 7) is 5.21. The molecule has 7 heteroatoms. The van der Waals surface area contributed by atoms with Crippen LogP contribution in [-0.2, 0) is 6.54 Å². The van der Waals surface area contributed by atoms with Gasteiger partial charge in [-0.2, -0.15) is 0 Å². The number of guanidine groups is 1. The first-order valence-corrected chi connectivity index (χ1v) is 9.84. The van der Waals surface area contributed by atoms with Gasteiger partial charge in [0.15, 0.2) is 17.5 Å². The minimum Gasteiger partial charge on any atom is -0.505 e. The number of anilines is 1. The zero-order chi connectivity index (χ0) is 18.4. The number of phenolic OH excluding ortho intramolecular Hbond substituents is 1. The van der Waals surface area contributed by atoms with E-state index in [1.165, 1.54) is 17.1 Å². The van der Waals surface area contributed by atoms with Gasteiger partial charge in [0, 0.05) is 25.7 Å². The molecule has 0 radical (unpaired) electrons. The fourth-order valence-corrected chi connectivity index (χ4v) is 3.81. The topological polar surface area (TPSA) is 59.9 Å². The van der Waals surface area contributed by atoms with Gasteiger partial charge >= 0.3 is 0 Å². The van der Waals surface area contributed by atoms with E-state index in [1.54, 1.807) is 17.4 Å². The number of aromatic hydroxyl groups is 1. The summed E-state index contributed by atoms with van der Waals surface area (Å²) in [6, 6.07) is 9.00. The van der Waals surface area contributed by atoms with Crippen LogP contribution >= 0.6 is 11.3 Å². The monoisotopic (exact) mass is 376 g/mol. The number of hydrogen-bond acceptors (Lipinski definition) is 4. The number of benzene rings is 1. The molecule has 0 unspecified atom stereocenters. The number of rotatable bonds is 5. The maximum absolute atomic E-state index is 13.4. The van der Waals surface area contributed by atoms with Crippen LogP contribution in [0.1, 0.15) is 25.3 Å². The normalized spacial score (nSPS) is 15.9. The Bertz CT molecular complexity index is 727. The molecule has 2 heterocycles. The summed E-state index contributed by atoms with van der Waals surface area (Å²) in [4.78, 5) is 6.97. The first-order chi connectivity index (χ1) is 12.7. The Morgan fingerprint density at radius 3 is 2.81 bits per heavy atom. The predicted octanol–water partition coefficient (Wildman–Crippen LogP) is 3.32. The first kappa shape index (κ1) is 18.5. The van der Waals surface area contributed by atoms with Crippen LogP contribution in [0.25, 0.3) is 0 Å². The third-order valence-electron chi connectivity index (χ3n) is 4.43. The van der Waals surface area contributed by atoms with Crippen LogP contribution in [0.4, 0.5) is 9.39 Å². The van der Waals surface area contributed by atoms with Gasteiger partial charge in [-0.25, -0.2) is 9.38 Å². The number of thiophene rings is 1. The second kappa shape index (κ2) is 8.89. The lowest BCUT2D eigenvalue weighted by Crippen LogP contribution is -2.48. The Morgan fingerprint density at radius 1 is 1.35 bits per heavy atom. The Kier molecular flexibility index (Phi) is 6.33. The number of phenols is 1. The molecule has 1 saturated heterocycles. The average molecular weight is 377 g/mol. The van der Waals surface area contributed by atoms with Crippen LogP contribution in [-0.4, -0.2) is 36.7 Å². The van der Waals surface area contributed by atoms with Gasteiger partial charge in [-0.05, 0) is 55.0 Å². The fourth-order valence-electron chi connectivity index (χ4n) is 3.03. The van der Waals surface area contributed by atoms with E-state index < -0.39 is 5.82 Å². The Morgan fingerprint density at radius 2 is 2.15 bits per heavy atom. The Balaban J connectivity index is 1.55. The fraction of sp³-hybridized carbons (Fsp3) is 0.421. The highest BCUT2D eigenvalue weighted by atomic mass is 32.1. The minimum absolute atomic E-state index is 0.333. The standard InChI is InChI=1S/C19H25FN4OS/c1-2-21-19(22-13-14-5-6-17(25)16(20)12-14)23-15-7-9-24(10-8-15)18-4-3-11-26-18/h3-6,11-12,15,25H,2,7-10,13H2,1H3,(H2,21,22,23). The lowest BCUT2D eigenvalue weighted by Gasteiger charge is -2.33. The quantitative estimate of drug-likeness (QED) is 0.553. The maximum atomic E-state index is 13.4. The summed E-state index contributed by atoms with van der Waals surface area (Å²) >= 11 is 1.78. The number of nitrogens with zero attached hydrogens (tertiary/aromatic N) is 2. The van der Waals surface area contributed by atoms with Crippen molar-refractivity contribution < 1.29 is 9.50 Å². The molecule has 0 spiro atoms. The highest BCUT2D eigenvalue weighted by Crippen LogP contribution is 2.24. The summed E-state index contributed by atoms with van der Waals surface area (Å²) in [6.07, 6.45) is 2.10. The number of hydrogen-bond donors (Lipinski definition) is 3. The Labute approximate surface area is 157 Å². The van der Waals surface area contributed by atoms with E-state index in [-0.39, 0.29) is 5.75 Å². The highest BCUT2D eigenvalue weighted by molar-refractivity contribution is 7.14. The van der Waals surface area contributed by atoms with Crippen molar-refractivity contribution in [3.8, 4) is 5.75 Å². The van der Waals surface area contributed by atoms with Gasteiger partial charge < -0.3 is 20.6 Å². The van der Waals surface area contributed by atoms with E-state index in [0.717, 1.165) is 44.0 Å². The number of aliphatic imine (C=N–C) groups is 1. The van der Waals surface area contributed by atoms with Crippen LogP contribution in [0.5, 0.6) is 5.75 Å². The zero-order valence-corrected chi connectivity index (χ0v) is 15.7. The maximum Gasteiger partial charge on any atom is 0.191 e. The molecule has 1 aliphatic rings. The first-order valence-electron chi connectivity index (χ1n) is 8.96. The van der Waals surface area contributed by atoms with E-state index in [0.29, 0.717) is 12.6 Å². The van der Waals surface area contributed by atoms with Crippen molar-refractivity contribution >= 4 is 22.3 Å². The third kappa shape index (κ3) is 4.88. The van der Waals surface area contributed by atoms with Gasteiger partial charge in [0.05, 0.1) is 11.5 Å². The van der Waals surface area contributed by atoms with Crippen LogP contribution in [0, 0.1) is 5.82 Å². The smallest absolute Gasteiger partial charge is 0.191 e. The van der Waals surface area contributed by atoms with Gasteiger partial charge in [0.25, 0.3) is 0 Å². The van der Waals surface area contributed by atoms with Gasteiger partial charge in [0.2, 0.25) is 0 Å². The molecule has 140 valence electrons. The van der Waals surface area contributed by atoms with Gasteiger partial charge in [-0.15, -0.1) is 11.3 Å². The molecule has 3 rings (SSSR count). The Hall–Kier alpha value is -2.28. The summed E-state index contributed by atoms with van der Waals surface area (Å²) in [5.74, 6) is -0.201. The molecule has 5 nitrogen and oxygen atoms in total. The summed E-state index contributed by atoms with van der Waals surface area (Å²) in [5.41, 5.74) is 0.727. The molecule has 3 N–H and O–H groups in total. The summed E-state index contributed by atoms with van der Waals surface area (Å²) in [7, 11) is 0. The largest absolute Gasteiger partial charge is 0.505 e. The van der Waals surface area contributed by atoms with Crippen molar-refractivity contribution in [1.29, 1.82) is 0 Å². The molecule has 0 atom stereocenters. The zero-order valence-electron chi connectivity index (χ0n) is 14.9. The lowest BCUT2D eigenvalue weighted by atomic mass is 10.1. The second-order valence-electron chi connectivity index (χ2n) is 6.34. The molecule has 0 amide bonds. The average Bonchev–Trinajstić information content (AvgIpc) is 3.18. The predicted molar refractivity (Wildman–Crippen MR) is 106 cm³/mol. The van der Waals surface area contributed by atoms with Crippen LogP contribution in [0.2, 0.25) is 0 Å². The van der Waals surface area contributed by atoms with E-state index in [1.807, 2.05) is 6.92 Å². The SMILES string of the molecule is CCNC(=NCc1ccc(O)c(F)c1)NC1CCN(c2cccs2)CC1. The summed E-state index contributed by atoms with van der Waals surface area (Å²) in [5, 5.41) is 19.5. The van der Waals surface area contributed by atoms with Crippen molar-refractivity contribution in [3.05, 3.63) is 47.1 Å². The van der Waals surface area contributed by atoms with Gasteiger partial charge in [-0.3, -0.25) is 0 Å². The number of halogens is 1. The van der Waals surface area contributed by atoms with E-state index in [2.05, 4.69) is 38.0 Å². The minimum atomic E-state index is -0.614. The molecule has 1 aromatic carbocycles. The van der Waals surface area contributed by atoms with E-state index >= 15 is 0 Å². The molecule has 1 fully saturated rings. The third-order valence-corrected chi connectivity index (χ3v) is 5.36. The van der Waals surface area contributed by atoms with Crippen molar-refractivity contribution in [3.63, 3.8) is 0 Å². The lowest BCUT2D eigenvalue weighted by molar-refractivity contribution is 0.432. The van der Waals surface area contributed by atoms with Gasteiger partial charge in [0.1, 0.15) is 0 Å². The van der Waals surface area contributed by atoms with Crippen molar-refractivity contribution in [2.75, 3.05) is 24.5 Å².